The molecule has 11 heteroatoms. The molecule has 0 spiro atoms. The molecule has 3 rings (SSSR count). The minimum Gasteiger partial charge on any atom is -0.310 e. The van der Waals surface area contributed by atoms with Crippen LogP contribution in [0.25, 0.3) is 0 Å². The fourth-order valence-electron chi connectivity index (χ4n) is 3.63. The van der Waals surface area contributed by atoms with Gasteiger partial charge in [-0.2, -0.15) is 10.5 Å². The normalized spacial score (nSPS) is 20.3. The maximum Gasteiger partial charge on any atom is 0.239 e. The van der Waals surface area contributed by atoms with Gasteiger partial charge in [0.15, 0.2) is 0 Å². The van der Waals surface area contributed by atoms with Gasteiger partial charge < -0.3 is 5.32 Å². The van der Waals surface area contributed by atoms with Crippen LogP contribution in [0.3, 0.4) is 0 Å². The van der Waals surface area contributed by atoms with Crippen LogP contribution in [0.2, 0.25) is 0 Å². The summed E-state index contributed by atoms with van der Waals surface area (Å²) in [7, 11) is 0. The standard InChI is InChI=1S/C19H24N8O2S/c20-9-15-1-2-18(22-11-15)23-19(28)12-25-5-3-16(4-6-25)27(24-29)8-7-26-14-30-13-17(26)10-21/h1-2,11,16-17H,3-8,12-14H2,(H,22,23,28). The van der Waals surface area contributed by atoms with E-state index in [0.717, 1.165) is 24.5 Å². The number of piperidine rings is 1. The maximum atomic E-state index is 12.2. The lowest BCUT2D eigenvalue weighted by molar-refractivity contribution is -0.117. The molecule has 0 bridgehead atoms. The highest BCUT2D eigenvalue weighted by Crippen LogP contribution is 2.21. The number of aromatic nitrogens is 1. The Kier molecular flexibility index (Phi) is 7.97. The Morgan fingerprint density at radius 1 is 1.37 bits per heavy atom. The topological polar surface area (TPSA) is 129 Å². The number of hydrogen-bond acceptors (Lipinski definition) is 9. The number of carbonyl (C=O) groups excluding carboxylic acids is 1. The lowest BCUT2D eigenvalue weighted by atomic mass is 10.0. The number of nitrogens with zero attached hydrogens (tertiary/aromatic N) is 7. The Hall–Kier alpha value is -2.73. The average Bonchev–Trinajstić information content (AvgIpc) is 3.23. The third-order valence-corrected chi connectivity index (χ3v) is 6.42. The van der Waals surface area contributed by atoms with Crippen molar-refractivity contribution in [2.45, 2.75) is 24.9 Å². The summed E-state index contributed by atoms with van der Waals surface area (Å²) in [6.45, 7) is 2.81. The molecule has 2 saturated heterocycles. The first-order valence-electron chi connectivity index (χ1n) is 9.82. The van der Waals surface area contributed by atoms with E-state index in [2.05, 4.69) is 26.6 Å². The molecule has 0 aliphatic carbocycles. The Morgan fingerprint density at radius 2 is 2.17 bits per heavy atom. The van der Waals surface area contributed by atoms with E-state index in [0.29, 0.717) is 37.6 Å². The van der Waals surface area contributed by atoms with E-state index in [1.165, 1.54) is 6.20 Å². The minimum absolute atomic E-state index is 0.0535. The maximum absolute atomic E-state index is 12.2. The van der Waals surface area contributed by atoms with Crippen molar-refractivity contribution in [3.63, 3.8) is 0 Å². The van der Waals surface area contributed by atoms with Gasteiger partial charge >= 0.3 is 0 Å². The average molecular weight is 429 g/mol. The Balaban J connectivity index is 1.40. The number of likely N-dealkylation sites (tertiary alicyclic amines) is 1. The molecule has 1 N–H and O–H groups in total. The lowest BCUT2D eigenvalue weighted by Crippen LogP contribution is -2.47. The van der Waals surface area contributed by atoms with E-state index >= 15 is 0 Å². The van der Waals surface area contributed by atoms with Gasteiger partial charge in [-0.25, -0.2) is 4.98 Å². The molecule has 1 aromatic heterocycles. The van der Waals surface area contributed by atoms with Crippen LogP contribution in [0.1, 0.15) is 18.4 Å². The zero-order valence-electron chi connectivity index (χ0n) is 16.6. The second-order valence-corrected chi connectivity index (χ2v) is 8.30. The van der Waals surface area contributed by atoms with Crippen molar-refractivity contribution in [3.05, 3.63) is 28.8 Å². The van der Waals surface area contributed by atoms with Crippen molar-refractivity contribution < 1.29 is 4.79 Å². The van der Waals surface area contributed by atoms with Crippen LogP contribution in [-0.4, -0.2) is 82.1 Å². The molecule has 2 fully saturated rings. The lowest BCUT2D eigenvalue weighted by Gasteiger charge is -2.35. The number of nitrogens with one attached hydrogen (secondary N) is 1. The molecule has 3 heterocycles. The van der Waals surface area contributed by atoms with Crippen LogP contribution in [-0.2, 0) is 4.79 Å². The molecule has 1 unspecified atom stereocenters. The van der Waals surface area contributed by atoms with Crippen molar-refractivity contribution in [2.24, 2.45) is 5.29 Å². The van der Waals surface area contributed by atoms with Gasteiger partial charge in [0.1, 0.15) is 17.9 Å². The zero-order valence-corrected chi connectivity index (χ0v) is 17.4. The smallest absolute Gasteiger partial charge is 0.239 e. The van der Waals surface area contributed by atoms with Crippen molar-refractivity contribution in [3.8, 4) is 12.1 Å². The molecule has 10 nitrogen and oxygen atoms in total. The van der Waals surface area contributed by atoms with Gasteiger partial charge in [-0.1, -0.05) is 0 Å². The number of carbonyl (C=O) groups is 1. The predicted molar refractivity (Wildman–Crippen MR) is 113 cm³/mol. The number of amides is 1. The molecule has 0 radical (unpaired) electrons. The number of nitroso groups, excluding NO2 is 1. The van der Waals surface area contributed by atoms with Gasteiger partial charge in [-0.05, 0) is 25.0 Å². The van der Waals surface area contributed by atoms with E-state index in [1.807, 2.05) is 11.0 Å². The summed E-state index contributed by atoms with van der Waals surface area (Å²) in [5.41, 5.74) is 0.440. The SMILES string of the molecule is N#Cc1ccc(NC(=O)CN2CCC(N(CCN3CSCC3C#N)N=O)CC2)nc1. The molecule has 2 aliphatic heterocycles. The molecule has 1 amide bonds. The van der Waals surface area contributed by atoms with Crippen molar-refractivity contribution in [1.29, 1.82) is 10.5 Å². The molecule has 0 saturated carbocycles. The van der Waals surface area contributed by atoms with Gasteiger partial charge in [0.2, 0.25) is 5.91 Å². The summed E-state index contributed by atoms with van der Waals surface area (Å²) in [5.74, 6) is 1.88. The first kappa shape index (κ1) is 22.0. The highest BCUT2D eigenvalue weighted by atomic mass is 32.2. The highest BCUT2D eigenvalue weighted by molar-refractivity contribution is 7.99. The van der Waals surface area contributed by atoms with Gasteiger partial charge in [-0.3, -0.25) is 19.6 Å². The van der Waals surface area contributed by atoms with Crippen molar-refractivity contribution in [2.75, 3.05) is 49.7 Å². The number of hydrogen-bond donors (Lipinski definition) is 1. The molecule has 1 aromatic rings. The quantitative estimate of drug-likeness (QED) is 0.480. The molecule has 2 aliphatic rings. The van der Waals surface area contributed by atoms with Gasteiger partial charge in [-0.15, -0.1) is 16.7 Å². The fraction of sp³-hybridized carbons (Fsp3) is 0.579. The fourth-order valence-corrected chi connectivity index (χ4v) is 4.79. The van der Waals surface area contributed by atoms with Crippen LogP contribution < -0.4 is 5.32 Å². The van der Waals surface area contributed by atoms with Gasteiger partial charge in [0.25, 0.3) is 0 Å². The number of nitriles is 2. The summed E-state index contributed by atoms with van der Waals surface area (Å²) < 4.78 is 0. The molecular weight excluding hydrogens is 404 g/mol. The second kappa shape index (κ2) is 10.9. The minimum atomic E-state index is -0.162. The first-order chi connectivity index (χ1) is 14.6. The highest BCUT2D eigenvalue weighted by Gasteiger charge is 2.28. The van der Waals surface area contributed by atoms with E-state index in [9.17, 15) is 9.70 Å². The van der Waals surface area contributed by atoms with Crippen LogP contribution in [0.15, 0.2) is 23.6 Å². The van der Waals surface area contributed by atoms with Crippen molar-refractivity contribution >= 4 is 23.5 Å². The van der Waals surface area contributed by atoms with E-state index in [-0.39, 0.29) is 24.5 Å². The predicted octanol–water partition coefficient (Wildman–Crippen LogP) is 1.24. The van der Waals surface area contributed by atoms with Crippen LogP contribution in [0.5, 0.6) is 0 Å². The molecule has 30 heavy (non-hydrogen) atoms. The summed E-state index contributed by atoms with van der Waals surface area (Å²) in [4.78, 5) is 31.8. The van der Waals surface area contributed by atoms with Crippen LogP contribution >= 0.6 is 11.8 Å². The van der Waals surface area contributed by atoms with Crippen LogP contribution in [0, 0.1) is 27.6 Å². The third-order valence-electron chi connectivity index (χ3n) is 5.35. The van der Waals surface area contributed by atoms with Crippen LogP contribution in [0.4, 0.5) is 5.82 Å². The third kappa shape index (κ3) is 5.89. The summed E-state index contributed by atoms with van der Waals surface area (Å²) in [6, 6.07) is 7.46. The largest absolute Gasteiger partial charge is 0.310 e. The Labute approximate surface area is 179 Å². The van der Waals surface area contributed by atoms with Crippen molar-refractivity contribution in [1.82, 2.24) is 19.8 Å². The van der Waals surface area contributed by atoms with Gasteiger partial charge in [0.05, 0.1) is 36.0 Å². The molecule has 0 aromatic carbocycles. The zero-order chi connectivity index (χ0) is 21.3. The first-order valence-corrected chi connectivity index (χ1v) is 11.0. The molecular formula is C19H24N8O2S. The summed E-state index contributed by atoms with van der Waals surface area (Å²) >= 11 is 1.73. The van der Waals surface area contributed by atoms with E-state index < -0.39 is 0 Å². The Morgan fingerprint density at radius 3 is 2.80 bits per heavy atom. The molecule has 1 atom stereocenters. The monoisotopic (exact) mass is 428 g/mol. The number of anilines is 1. The number of pyridine rings is 1. The second-order valence-electron chi connectivity index (χ2n) is 7.30. The summed E-state index contributed by atoms with van der Waals surface area (Å²) in [6.07, 6.45) is 2.93. The van der Waals surface area contributed by atoms with Gasteiger partial charge in [0, 0.05) is 37.5 Å². The number of rotatable bonds is 8. The summed E-state index contributed by atoms with van der Waals surface area (Å²) in [5, 5.41) is 25.5. The Bertz CT molecular complexity index is 813. The molecule has 158 valence electrons. The van der Waals surface area contributed by atoms with E-state index in [1.54, 1.807) is 28.9 Å². The van der Waals surface area contributed by atoms with E-state index in [4.69, 9.17) is 10.5 Å². The number of thioether (sulfide) groups is 1.